The molecule has 0 aliphatic rings. The van der Waals surface area contributed by atoms with Gasteiger partial charge in [0.1, 0.15) is 0 Å². The smallest absolute Gasteiger partial charge is 0.220 e. The van der Waals surface area contributed by atoms with E-state index in [1.54, 1.807) is 6.92 Å². The monoisotopic (exact) mass is 165 g/mol. The molecule has 0 aliphatic heterocycles. The van der Waals surface area contributed by atoms with Crippen molar-refractivity contribution in [3.8, 4) is 0 Å². The van der Waals surface area contributed by atoms with Gasteiger partial charge in [0.15, 0.2) is 6.29 Å². The summed E-state index contributed by atoms with van der Waals surface area (Å²) in [7, 11) is 0. The number of hydrogen-bond donors (Lipinski definition) is 1. The molecule has 0 aliphatic carbocycles. The fourth-order valence-electron chi connectivity index (χ4n) is 1.09. The largest absolute Gasteiger partial charge is 0.368 e. The van der Waals surface area contributed by atoms with E-state index in [9.17, 15) is 4.79 Å². The number of aromatic nitrogens is 2. The SMILES string of the molecule is CCc1nc(N)nc(C)c1C=O. The molecule has 64 valence electrons. The van der Waals surface area contributed by atoms with Gasteiger partial charge in [-0.3, -0.25) is 4.79 Å². The topological polar surface area (TPSA) is 68.9 Å². The highest BCUT2D eigenvalue weighted by Gasteiger charge is 2.06. The number of aldehydes is 1. The molecule has 0 fully saturated rings. The van der Waals surface area contributed by atoms with Crippen molar-refractivity contribution in [2.45, 2.75) is 20.3 Å². The molecule has 1 aromatic heterocycles. The number of nitrogen functional groups attached to an aromatic ring is 1. The summed E-state index contributed by atoms with van der Waals surface area (Å²) in [4.78, 5) is 18.4. The molecule has 0 amide bonds. The van der Waals surface area contributed by atoms with Crippen LogP contribution in [0.3, 0.4) is 0 Å². The zero-order valence-corrected chi connectivity index (χ0v) is 7.16. The van der Waals surface area contributed by atoms with Gasteiger partial charge in [0.25, 0.3) is 0 Å². The Labute approximate surface area is 70.8 Å². The van der Waals surface area contributed by atoms with Gasteiger partial charge in [-0.25, -0.2) is 9.97 Å². The van der Waals surface area contributed by atoms with Gasteiger partial charge in [0, 0.05) is 0 Å². The average molecular weight is 165 g/mol. The van der Waals surface area contributed by atoms with Crippen molar-refractivity contribution in [1.82, 2.24) is 9.97 Å². The second-order valence-electron chi connectivity index (χ2n) is 2.50. The summed E-state index contributed by atoms with van der Waals surface area (Å²) in [5.74, 6) is 0.231. The van der Waals surface area contributed by atoms with Crippen molar-refractivity contribution in [3.63, 3.8) is 0 Å². The lowest BCUT2D eigenvalue weighted by molar-refractivity contribution is 0.112. The molecule has 0 radical (unpaired) electrons. The van der Waals surface area contributed by atoms with E-state index >= 15 is 0 Å². The predicted molar refractivity (Wildman–Crippen MR) is 45.9 cm³/mol. The Balaban J connectivity index is 3.33. The van der Waals surface area contributed by atoms with Crippen LogP contribution in [-0.4, -0.2) is 16.3 Å². The minimum absolute atomic E-state index is 0.231. The van der Waals surface area contributed by atoms with Crippen LogP contribution in [0.25, 0.3) is 0 Å². The van der Waals surface area contributed by atoms with Crippen molar-refractivity contribution < 1.29 is 4.79 Å². The normalized spacial score (nSPS) is 9.83. The van der Waals surface area contributed by atoms with E-state index in [-0.39, 0.29) is 5.95 Å². The molecular formula is C8H11N3O. The van der Waals surface area contributed by atoms with E-state index in [1.807, 2.05) is 6.92 Å². The fraction of sp³-hybridized carbons (Fsp3) is 0.375. The lowest BCUT2D eigenvalue weighted by Gasteiger charge is -2.03. The van der Waals surface area contributed by atoms with Crippen LogP contribution in [0.15, 0.2) is 0 Å². The Kier molecular flexibility index (Phi) is 2.38. The maximum absolute atomic E-state index is 10.6. The van der Waals surface area contributed by atoms with Gasteiger partial charge >= 0.3 is 0 Å². The first-order valence-electron chi connectivity index (χ1n) is 3.77. The first-order chi connectivity index (χ1) is 5.69. The quantitative estimate of drug-likeness (QED) is 0.656. The molecule has 0 saturated carbocycles. The van der Waals surface area contributed by atoms with E-state index in [0.29, 0.717) is 17.7 Å². The minimum atomic E-state index is 0.231. The standard InChI is InChI=1S/C8H11N3O/c1-3-7-6(4-12)5(2)10-8(9)11-7/h4H,3H2,1-2H3,(H2,9,10,11). The maximum Gasteiger partial charge on any atom is 0.220 e. The Morgan fingerprint density at radius 1 is 1.50 bits per heavy atom. The van der Waals surface area contributed by atoms with Gasteiger partial charge in [-0.15, -0.1) is 0 Å². The molecule has 0 spiro atoms. The Morgan fingerprint density at radius 3 is 2.67 bits per heavy atom. The zero-order valence-electron chi connectivity index (χ0n) is 7.16. The predicted octanol–water partition coefficient (Wildman–Crippen LogP) is 0.742. The van der Waals surface area contributed by atoms with E-state index in [2.05, 4.69) is 9.97 Å². The summed E-state index contributed by atoms with van der Waals surface area (Å²) < 4.78 is 0. The van der Waals surface area contributed by atoms with E-state index in [0.717, 1.165) is 12.0 Å². The van der Waals surface area contributed by atoms with Crippen molar-refractivity contribution in [1.29, 1.82) is 0 Å². The number of nitrogens with zero attached hydrogens (tertiary/aromatic N) is 2. The summed E-state index contributed by atoms with van der Waals surface area (Å²) in [5.41, 5.74) is 7.35. The van der Waals surface area contributed by atoms with Gasteiger partial charge in [-0.2, -0.15) is 0 Å². The fourth-order valence-corrected chi connectivity index (χ4v) is 1.09. The summed E-state index contributed by atoms with van der Waals surface area (Å²) in [6.45, 7) is 3.68. The molecule has 1 aromatic rings. The van der Waals surface area contributed by atoms with Gasteiger partial charge in [-0.1, -0.05) is 6.92 Å². The van der Waals surface area contributed by atoms with Crippen LogP contribution < -0.4 is 5.73 Å². The van der Waals surface area contributed by atoms with Crippen LogP contribution >= 0.6 is 0 Å². The summed E-state index contributed by atoms with van der Waals surface area (Å²) in [5, 5.41) is 0. The summed E-state index contributed by atoms with van der Waals surface area (Å²) in [6, 6.07) is 0. The number of hydrogen-bond acceptors (Lipinski definition) is 4. The van der Waals surface area contributed by atoms with Crippen LogP contribution in [-0.2, 0) is 6.42 Å². The third kappa shape index (κ3) is 1.42. The Morgan fingerprint density at radius 2 is 2.17 bits per heavy atom. The number of nitrogens with two attached hydrogens (primary N) is 1. The molecule has 0 unspecified atom stereocenters. The summed E-state index contributed by atoms with van der Waals surface area (Å²) in [6.07, 6.45) is 1.47. The molecule has 0 bridgehead atoms. The second kappa shape index (κ2) is 3.30. The third-order valence-electron chi connectivity index (χ3n) is 1.69. The highest BCUT2D eigenvalue weighted by Crippen LogP contribution is 2.09. The van der Waals surface area contributed by atoms with Crippen molar-refractivity contribution in [3.05, 3.63) is 17.0 Å². The maximum atomic E-state index is 10.6. The number of carbonyl (C=O) groups excluding carboxylic acids is 1. The van der Waals surface area contributed by atoms with Crippen LogP contribution in [0.1, 0.15) is 28.7 Å². The van der Waals surface area contributed by atoms with Gasteiger partial charge < -0.3 is 5.73 Å². The lowest BCUT2D eigenvalue weighted by atomic mass is 10.1. The molecule has 0 atom stereocenters. The molecule has 12 heavy (non-hydrogen) atoms. The lowest BCUT2D eigenvalue weighted by Crippen LogP contribution is -2.05. The molecule has 4 heteroatoms. The highest BCUT2D eigenvalue weighted by molar-refractivity contribution is 5.78. The molecule has 0 aromatic carbocycles. The van der Waals surface area contributed by atoms with Crippen LogP contribution in [0.4, 0.5) is 5.95 Å². The molecule has 4 nitrogen and oxygen atoms in total. The van der Waals surface area contributed by atoms with Gasteiger partial charge in [-0.05, 0) is 13.3 Å². The highest BCUT2D eigenvalue weighted by atomic mass is 16.1. The molecule has 0 saturated heterocycles. The van der Waals surface area contributed by atoms with Crippen molar-refractivity contribution >= 4 is 12.2 Å². The average Bonchev–Trinajstić information content (AvgIpc) is 2.03. The molecular weight excluding hydrogens is 154 g/mol. The first-order valence-corrected chi connectivity index (χ1v) is 3.77. The Hall–Kier alpha value is -1.45. The number of carbonyl (C=O) groups is 1. The molecule has 2 N–H and O–H groups in total. The Bertz CT molecular complexity index is 309. The number of aryl methyl sites for hydroxylation is 2. The van der Waals surface area contributed by atoms with Crippen molar-refractivity contribution in [2.75, 3.05) is 5.73 Å². The third-order valence-corrected chi connectivity index (χ3v) is 1.69. The van der Waals surface area contributed by atoms with E-state index < -0.39 is 0 Å². The number of anilines is 1. The summed E-state index contributed by atoms with van der Waals surface area (Å²) >= 11 is 0. The number of rotatable bonds is 2. The van der Waals surface area contributed by atoms with Crippen molar-refractivity contribution in [2.24, 2.45) is 0 Å². The van der Waals surface area contributed by atoms with Gasteiger partial charge in [0.05, 0.1) is 17.0 Å². The van der Waals surface area contributed by atoms with E-state index in [4.69, 9.17) is 5.73 Å². The second-order valence-corrected chi connectivity index (χ2v) is 2.50. The minimum Gasteiger partial charge on any atom is -0.368 e. The molecule has 1 heterocycles. The van der Waals surface area contributed by atoms with Crippen LogP contribution in [0.5, 0.6) is 0 Å². The van der Waals surface area contributed by atoms with Gasteiger partial charge in [0.2, 0.25) is 5.95 Å². The first kappa shape index (κ1) is 8.64. The van der Waals surface area contributed by atoms with E-state index in [1.165, 1.54) is 0 Å². The van der Waals surface area contributed by atoms with Crippen LogP contribution in [0, 0.1) is 6.92 Å². The molecule has 1 rings (SSSR count). The zero-order chi connectivity index (χ0) is 9.14. The van der Waals surface area contributed by atoms with Crippen LogP contribution in [0.2, 0.25) is 0 Å².